The van der Waals surface area contributed by atoms with E-state index in [1.54, 1.807) is 24.3 Å². The number of Topliss-reactive ketones (excluding diaryl/α,β-unsaturated/α-hetero) is 1. The smallest absolute Gasteiger partial charge is 0.337 e. The Morgan fingerprint density at radius 3 is 2.28 bits per heavy atom. The molecule has 25 heavy (non-hydrogen) atoms. The summed E-state index contributed by atoms with van der Waals surface area (Å²) in [7, 11) is 1.26. The molecule has 0 atom stereocenters. The van der Waals surface area contributed by atoms with Gasteiger partial charge in [0, 0.05) is 15.7 Å². The van der Waals surface area contributed by atoms with Crippen LogP contribution in [0.1, 0.15) is 15.9 Å². The van der Waals surface area contributed by atoms with Crippen molar-refractivity contribution in [2.45, 2.75) is 0 Å². The molecule has 7 nitrogen and oxygen atoms in total. The van der Waals surface area contributed by atoms with Crippen molar-refractivity contribution in [3.05, 3.63) is 64.1 Å². The highest BCUT2D eigenvalue weighted by molar-refractivity contribution is 9.10. The lowest BCUT2D eigenvalue weighted by molar-refractivity contribution is -0.130. The van der Waals surface area contributed by atoms with Gasteiger partial charge in [0.2, 0.25) is 0 Å². The van der Waals surface area contributed by atoms with Crippen LogP contribution in [0.3, 0.4) is 0 Å². The van der Waals surface area contributed by atoms with E-state index in [1.807, 2.05) is 0 Å². The minimum absolute atomic E-state index is 0.219. The van der Waals surface area contributed by atoms with E-state index in [0.29, 0.717) is 16.8 Å². The van der Waals surface area contributed by atoms with Crippen molar-refractivity contribution in [2.24, 2.45) is 10.9 Å². The Labute approximate surface area is 152 Å². The quantitative estimate of drug-likeness (QED) is 0.261. The maximum Gasteiger partial charge on any atom is 0.337 e. The highest BCUT2D eigenvalue weighted by atomic mass is 79.9. The van der Waals surface area contributed by atoms with Crippen LogP contribution in [0.15, 0.2) is 58.1 Å². The third-order valence-corrected chi connectivity index (χ3v) is 3.71. The lowest BCUT2D eigenvalue weighted by Gasteiger charge is -2.07. The monoisotopic (exact) mass is 403 g/mol. The van der Waals surface area contributed by atoms with Crippen molar-refractivity contribution in [1.29, 1.82) is 0 Å². The van der Waals surface area contributed by atoms with Crippen molar-refractivity contribution in [3.8, 4) is 0 Å². The molecule has 128 valence electrons. The summed E-state index contributed by atoms with van der Waals surface area (Å²) in [5.41, 5.74) is 0.840. The van der Waals surface area contributed by atoms with Crippen LogP contribution in [0.2, 0.25) is 0 Å². The van der Waals surface area contributed by atoms with Gasteiger partial charge in [0.1, 0.15) is 5.71 Å². The number of ketones is 1. The van der Waals surface area contributed by atoms with Crippen LogP contribution in [0.4, 0.5) is 5.69 Å². The van der Waals surface area contributed by atoms with E-state index in [0.717, 1.165) is 4.47 Å². The van der Waals surface area contributed by atoms with E-state index < -0.39 is 17.7 Å². The molecule has 0 spiro atoms. The summed E-state index contributed by atoms with van der Waals surface area (Å²) in [5.74, 6) is 2.99. The average molecular weight is 404 g/mol. The van der Waals surface area contributed by atoms with Gasteiger partial charge in [-0.3, -0.25) is 9.59 Å². The first-order valence-electron chi connectivity index (χ1n) is 7.04. The molecule has 2 rings (SSSR count). The van der Waals surface area contributed by atoms with Crippen molar-refractivity contribution in [2.75, 3.05) is 12.4 Å². The summed E-state index contributed by atoms with van der Waals surface area (Å²) in [5, 5.41) is 5.89. The molecule has 8 heteroatoms. The number of anilines is 1. The van der Waals surface area contributed by atoms with Gasteiger partial charge in [-0.25, -0.2) is 4.79 Å². The molecule has 2 aromatic rings. The van der Waals surface area contributed by atoms with Gasteiger partial charge in [-0.2, -0.15) is 5.10 Å². The van der Waals surface area contributed by atoms with E-state index in [9.17, 15) is 14.4 Å². The summed E-state index contributed by atoms with van der Waals surface area (Å²) < 4.78 is 5.35. The Balaban J connectivity index is 2.18. The maximum absolute atomic E-state index is 12.3. The van der Waals surface area contributed by atoms with Gasteiger partial charge < -0.3 is 15.9 Å². The number of carbonyl (C=O) groups is 3. The van der Waals surface area contributed by atoms with Crippen LogP contribution < -0.4 is 11.2 Å². The molecule has 0 radical (unpaired) electrons. The molecule has 0 aliphatic rings. The number of benzene rings is 2. The van der Waals surface area contributed by atoms with Crippen molar-refractivity contribution < 1.29 is 19.1 Å². The lowest BCUT2D eigenvalue weighted by Crippen LogP contribution is -2.31. The van der Waals surface area contributed by atoms with E-state index >= 15 is 0 Å². The van der Waals surface area contributed by atoms with Crippen molar-refractivity contribution in [3.63, 3.8) is 0 Å². The summed E-state index contributed by atoms with van der Waals surface area (Å²) >= 11 is 3.28. The molecular formula is C17H14BrN3O4. The number of nitrogens with two attached hydrogens (primary N) is 1. The van der Waals surface area contributed by atoms with Crippen LogP contribution in [-0.4, -0.2) is 30.5 Å². The number of nitrogens with zero attached hydrogens (tertiary/aromatic N) is 1. The molecule has 0 unspecified atom stereocenters. The van der Waals surface area contributed by atoms with E-state index in [-0.39, 0.29) is 5.71 Å². The molecule has 0 aromatic heterocycles. The van der Waals surface area contributed by atoms with Crippen LogP contribution in [0, 0.1) is 0 Å². The molecule has 0 aliphatic carbocycles. The van der Waals surface area contributed by atoms with Gasteiger partial charge >= 0.3 is 5.97 Å². The normalized spacial score (nSPS) is 10.9. The molecule has 1 amide bonds. The maximum atomic E-state index is 12.3. The zero-order chi connectivity index (χ0) is 18.4. The van der Waals surface area contributed by atoms with E-state index in [4.69, 9.17) is 5.84 Å². The Morgan fingerprint density at radius 1 is 1.08 bits per heavy atom. The molecule has 0 bridgehead atoms. The fraction of sp³-hybridized carbons (Fsp3) is 0.0588. The van der Waals surface area contributed by atoms with E-state index in [1.165, 1.54) is 31.4 Å². The Bertz CT molecular complexity index is 847. The van der Waals surface area contributed by atoms with Crippen LogP contribution in [0.25, 0.3) is 0 Å². The topological polar surface area (TPSA) is 111 Å². The standard InChI is InChI=1S/C17H14BrN3O4/c1-25-17(24)11-7-5-10(6-8-11)14(21-19)15(22)16(23)20-13-4-2-3-12(18)9-13/h2-9H,19H2,1H3,(H,20,23). The second kappa shape index (κ2) is 8.20. The number of carbonyl (C=O) groups excluding carboxylic acids is 3. The summed E-state index contributed by atoms with van der Waals surface area (Å²) in [6.07, 6.45) is 0. The van der Waals surface area contributed by atoms with Crippen LogP contribution >= 0.6 is 15.9 Å². The minimum Gasteiger partial charge on any atom is -0.465 e. The van der Waals surface area contributed by atoms with Crippen molar-refractivity contribution in [1.82, 2.24) is 0 Å². The summed E-state index contributed by atoms with van der Waals surface area (Å²) in [4.78, 5) is 35.9. The number of rotatable bonds is 5. The number of hydrogen-bond acceptors (Lipinski definition) is 6. The third kappa shape index (κ3) is 4.51. The fourth-order valence-corrected chi connectivity index (χ4v) is 2.41. The fourth-order valence-electron chi connectivity index (χ4n) is 2.01. The van der Waals surface area contributed by atoms with Gasteiger partial charge in [0.25, 0.3) is 11.7 Å². The SMILES string of the molecule is COC(=O)c1ccc(C(=NN)C(=O)C(=O)Nc2cccc(Br)c2)cc1. The Morgan fingerprint density at radius 2 is 1.72 bits per heavy atom. The number of hydrogen-bond donors (Lipinski definition) is 2. The number of amides is 1. The molecule has 0 saturated heterocycles. The molecule has 0 aliphatic heterocycles. The van der Waals surface area contributed by atoms with Gasteiger partial charge in [-0.15, -0.1) is 0 Å². The predicted molar refractivity (Wildman–Crippen MR) is 96.3 cm³/mol. The molecule has 0 saturated carbocycles. The predicted octanol–water partition coefficient (Wildman–Crippen LogP) is 2.11. The number of ether oxygens (including phenoxy) is 1. The molecule has 3 N–H and O–H groups in total. The highest BCUT2D eigenvalue weighted by Gasteiger charge is 2.23. The van der Waals surface area contributed by atoms with Crippen LogP contribution in [0.5, 0.6) is 0 Å². The lowest BCUT2D eigenvalue weighted by atomic mass is 10.0. The molecule has 0 heterocycles. The van der Waals surface area contributed by atoms with Crippen LogP contribution in [-0.2, 0) is 14.3 Å². The summed E-state index contributed by atoms with van der Waals surface area (Å²) in [6, 6.07) is 12.6. The zero-order valence-electron chi connectivity index (χ0n) is 13.2. The van der Waals surface area contributed by atoms with Gasteiger partial charge in [-0.1, -0.05) is 34.1 Å². The first-order valence-corrected chi connectivity index (χ1v) is 7.83. The van der Waals surface area contributed by atoms with Crippen molar-refractivity contribution >= 4 is 45.0 Å². The van der Waals surface area contributed by atoms with E-state index in [2.05, 4.69) is 31.1 Å². The number of nitrogens with one attached hydrogen (secondary N) is 1. The highest BCUT2D eigenvalue weighted by Crippen LogP contribution is 2.16. The first-order chi connectivity index (χ1) is 12.0. The molecule has 2 aromatic carbocycles. The number of halogens is 1. The average Bonchev–Trinajstić information content (AvgIpc) is 2.62. The molecular weight excluding hydrogens is 390 g/mol. The second-order valence-electron chi connectivity index (χ2n) is 4.84. The minimum atomic E-state index is -0.895. The first kappa shape index (κ1) is 18.3. The number of esters is 1. The summed E-state index contributed by atoms with van der Waals surface area (Å²) in [6.45, 7) is 0. The number of methoxy groups -OCH3 is 1. The largest absolute Gasteiger partial charge is 0.465 e. The van der Waals surface area contributed by atoms with Gasteiger partial charge in [-0.05, 0) is 30.3 Å². The van der Waals surface area contributed by atoms with Gasteiger partial charge in [0.15, 0.2) is 0 Å². The molecule has 0 fully saturated rings. The Hall–Kier alpha value is -3.00. The van der Waals surface area contributed by atoms with Gasteiger partial charge in [0.05, 0.1) is 12.7 Å². The Kier molecular flexibility index (Phi) is 6.02. The number of hydrazone groups is 1. The third-order valence-electron chi connectivity index (χ3n) is 3.21. The zero-order valence-corrected chi connectivity index (χ0v) is 14.7. The second-order valence-corrected chi connectivity index (χ2v) is 5.76.